The van der Waals surface area contributed by atoms with Crippen LogP contribution in [0.5, 0.6) is 0 Å². The average molecular weight is 341 g/mol. The Bertz CT molecular complexity index is 402. The lowest BCUT2D eigenvalue weighted by Crippen LogP contribution is -2.60. The number of carbonyl (C=O) groups excluding carboxylic acids is 1. The van der Waals surface area contributed by atoms with Gasteiger partial charge in [0.2, 0.25) is 0 Å². The molecule has 1 aliphatic heterocycles. The lowest BCUT2D eigenvalue weighted by atomic mass is 9.73. The molecule has 0 spiro atoms. The fraction of sp³-hybridized carbons (Fsp3) is 0.947. The van der Waals surface area contributed by atoms with Crippen molar-refractivity contribution in [1.82, 2.24) is 10.6 Å². The molecule has 2 N–H and O–H groups in total. The molecule has 1 saturated heterocycles. The van der Waals surface area contributed by atoms with Gasteiger partial charge in [-0.2, -0.15) is 0 Å². The van der Waals surface area contributed by atoms with Gasteiger partial charge in [-0.25, -0.2) is 4.79 Å². The first-order valence-corrected chi connectivity index (χ1v) is 9.60. The zero-order valence-electron chi connectivity index (χ0n) is 16.0. The first-order valence-electron chi connectivity index (χ1n) is 9.60. The molecule has 24 heavy (non-hydrogen) atoms. The molecule has 140 valence electrons. The van der Waals surface area contributed by atoms with Gasteiger partial charge < -0.3 is 20.1 Å². The Labute approximate surface area is 147 Å². The minimum Gasteiger partial charge on any atom is -0.444 e. The molecule has 0 bridgehead atoms. The first kappa shape index (κ1) is 19.5. The lowest BCUT2D eigenvalue weighted by molar-refractivity contribution is 0.0449. The SMILES string of the molecule is C[C@H]1CCCC[C@]1(CNC(=O)OC(C)(C)C)NCC1CCOCC1. The monoisotopic (exact) mass is 340 g/mol. The van der Waals surface area contributed by atoms with Crippen LogP contribution in [0.4, 0.5) is 4.79 Å². The van der Waals surface area contributed by atoms with E-state index in [2.05, 4.69) is 17.6 Å². The minimum absolute atomic E-state index is 0.00649. The second-order valence-electron chi connectivity index (χ2n) is 8.60. The van der Waals surface area contributed by atoms with Crippen molar-refractivity contribution in [2.45, 2.75) is 77.4 Å². The Morgan fingerprint density at radius 2 is 1.92 bits per heavy atom. The summed E-state index contributed by atoms with van der Waals surface area (Å²) in [6.07, 6.45) is 6.81. The minimum atomic E-state index is -0.453. The van der Waals surface area contributed by atoms with Crippen LogP contribution >= 0.6 is 0 Å². The van der Waals surface area contributed by atoms with Crippen LogP contribution in [-0.4, -0.2) is 43.5 Å². The average Bonchev–Trinajstić information content (AvgIpc) is 2.53. The standard InChI is InChI=1S/C19H36N2O3/c1-15-7-5-6-10-19(15,14-20-17(22)24-18(2,3)4)21-13-16-8-11-23-12-9-16/h15-16,21H,5-14H2,1-4H3,(H,20,22)/t15-,19+/m0/s1. The van der Waals surface area contributed by atoms with Gasteiger partial charge in [-0.05, 0) is 64.8 Å². The van der Waals surface area contributed by atoms with Crippen LogP contribution in [0.25, 0.3) is 0 Å². The molecule has 2 fully saturated rings. The number of alkyl carbamates (subject to hydrolysis) is 1. The smallest absolute Gasteiger partial charge is 0.407 e. The van der Waals surface area contributed by atoms with Crippen molar-refractivity contribution in [2.75, 3.05) is 26.3 Å². The third kappa shape index (κ3) is 5.92. The van der Waals surface area contributed by atoms with Gasteiger partial charge in [-0.3, -0.25) is 0 Å². The molecular formula is C19H36N2O3. The van der Waals surface area contributed by atoms with Gasteiger partial charge in [0.1, 0.15) is 5.60 Å². The highest BCUT2D eigenvalue weighted by molar-refractivity contribution is 5.67. The largest absolute Gasteiger partial charge is 0.444 e. The van der Waals surface area contributed by atoms with E-state index in [1.54, 1.807) is 0 Å². The highest BCUT2D eigenvalue weighted by Gasteiger charge is 2.38. The van der Waals surface area contributed by atoms with E-state index in [0.29, 0.717) is 18.4 Å². The first-order chi connectivity index (χ1) is 11.3. The Morgan fingerprint density at radius 3 is 2.54 bits per heavy atom. The van der Waals surface area contributed by atoms with Gasteiger partial charge in [0.15, 0.2) is 0 Å². The Kier molecular flexibility index (Phi) is 6.93. The molecule has 1 amide bonds. The fourth-order valence-corrected chi connectivity index (χ4v) is 3.84. The molecule has 0 radical (unpaired) electrons. The summed E-state index contributed by atoms with van der Waals surface area (Å²) in [6, 6.07) is 0. The van der Waals surface area contributed by atoms with Gasteiger partial charge in [-0.15, -0.1) is 0 Å². The van der Waals surface area contributed by atoms with E-state index in [4.69, 9.17) is 9.47 Å². The summed E-state index contributed by atoms with van der Waals surface area (Å²) in [5.41, 5.74) is -0.460. The van der Waals surface area contributed by atoms with E-state index >= 15 is 0 Å². The third-order valence-corrected chi connectivity index (χ3v) is 5.48. The Morgan fingerprint density at radius 1 is 1.21 bits per heavy atom. The van der Waals surface area contributed by atoms with Gasteiger partial charge >= 0.3 is 6.09 Å². The van der Waals surface area contributed by atoms with E-state index < -0.39 is 5.60 Å². The maximum Gasteiger partial charge on any atom is 0.407 e. The van der Waals surface area contributed by atoms with E-state index in [1.165, 1.54) is 19.3 Å². The van der Waals surface area contributed by atoms with Crippen LogP contribution in [0.2, 0.25) is 0 Å². The highest BCUT2D eigenvalue weighted by Crippen LogP contribution is 2.34. The normalized spacial score (nSPS) is 29.2. The summed E-state index contributed by atoms with van der Waals surface area (Å²) >= 11 is 0. The molecule has 0 aromatic carbocycles. The molecular weight excluding hydrogens is 304 g/mol. The van der Waals surface area contributed by atoms with Crippen molar-refractivity contribution in [3.8, 4) is 0 Å². The molecule has 2 aliphatic rings. The summed E-state index contributed by atoms with van der Waals surface area (Å²) in [6.45, 7) is 11.4. The summed E-state index contributed by atoms with van der Waals surface area (Å²) in [7, 11) is 0. The van der Waals surface area contributed by atoms with Crippen molar-refractivity contribution in [1.29, 1.82) is 0 Å². The van der Waals surface area contributed by atoms with Crippen molar-refractivity contribution in [3.63, 3.8) is 0 Å². The summed E-state index contributed by atoms with van der Waals surface area (Å²) in [5, 5.41) is 6.87. The Balaban J connectivity index is 1.91. The number of amides is 1. The molecule has 0 aromatic heterocycles. The highest BCUT2D eigenvalue weighted by atomic mass is 16.6. The van der Waals surface area contributed by atoms with Crippen LogP contribution in [0.3, 0.4) is 0 Å². The predicted molar refractivity (Wildman–Crippen MR) is 96.1 cm³/mol. The zero-order chi connectivity index (χ0) is 17.6. The maximum atomic E-state index is 12.1. The van der Waals surface area contributed by atoms with Crippen molar-refractivity contribution in [2.24, 2.45) is 11.8 Å². The molecule has 5 nitrogen and oxygen atoms in total. The molecule has 0 aromatic rings. The van der Waals surface area contributed by atoms with Crippen LogP contribution in [0, 0.1) is 11.8 Å². The second-order valence-corrected chi connectivity index (χ2v) is 8.60. The quantitative estimate of drug-likeness (QED) is 0.804. The number of hydrogen-bond donors (Lipinski definition) is 2. The number of hydrogen-bond acceptors (Lipinski definition) is 4. The second kappa shape index (κ2) is 8.52. The van der Waals surface area contributed by atoms with Gasteiger partial charge in [0.05, 0.1) is 0 Å². The van der Waals surface area contributed by atoms with Crippen LogP contribution in [-0.2, 0) is 9.47 Å². The van der Waals surface area contributed by atoms with Crippen LogP contribution < -0.4 is 10.6 Å². The number of rotatable bonds is 5. The fourth-order valence-electron chi connectivity index (χ4n) is 3.84. The van der Waals surface area contributed by atoms with E-state index in [1.807, 2.05) is 20.8 Å². The number of carbonyl (C=O) groups is 1. The summed E-state index contributed by atoms with van der Waals surface area (Å²) < 4.78 is 10.9. The van der Waals surface area contributed by atoms with Crippen molar-refractivity contribution < 1.29 is 14.3 Å². The van der Waals surface area contributed by atoms with Gasteiger partial charge in [-0.1, -0.05) is 19.8 Å². The van der Waals surface area contributed by atoms with Crippen molar-refractivity contribution >= 4 is 6.09 Å². The molecule has 2 rings (SSSR count). The van der Waals surface area contributed by atoms with E-state index in [0.717, 1.165) is 39.0 Å². The number of nitrogens with one attached hydrogen (secondary N) is 2. The summed E-state index contributed by atoms with van der Waals surface area (Å²) in [5.74, 6) is 1.24. The summed E-state index contributed by atoms with van der Waals surface area (Å²) in [4.78, 5) is 12.1. The maximum absolute atomic E-state index is 12.1. The topological polar surface area (TPSA) is 59.6 Å². The lowest BCUT2D eigenvalue weighted by Gasteiger charge is -2.45. The van der Waals surface area contributed by atoms with Crippen molar-refractivity contribution in [3.05, 3.63) is 0 Å². The van der Waals surface area contributed by atoms with Crippen LogP contribution in [0.15, 0.2) is 0 Å². The molecule has 1 aliphatic carbocycles. The van der Waals surface area contributed by atoms with Gasteiger partial charge in [0.25, 0.3) is 0 Å². The third-order valence-electron chi connectivity index (χ3n) is 5.48. The van der Waals surface area contributed by atoms with Crippen LogP contribution in [0.1, 0.15) is 66.2 Å². The van der Waals surface area contributed by atoms with E-state index in [9.17, 15) is 4.79 Å². The van der Waals surface area contributed by atoms with Gasteiger partial charge in [0, 0.05) is 25.3 Å². The Hall–Kier alpha value is -0.810. The zero-order valence-corrected chi connectivity index (χ0v) is 16.0. The molecule has 2 atom stereocenters. The molecule has 1 heterocycles. The molecule has 5 heteroatoms. The predicted octanol–water partition coefficient (Wildman–Crippen LogP) is 3.48. The van der Waals surface area contributed by atoms with E-state index in [-0.39, 0.29) is 11.6 Å². The number of ether oxygens (including phenoxy) is 2. The molecule has 1 saturated carbocycles. The molecule has 0 unspecified atom stereocenters.